The van der Waals surface area contributed by atoms with E-state index in [0.29, 0.717) is 10.9 Å². The lowest BCUT2D eigenvalue weighted by Crippen LogP contribution is -2.29. The van der Waals surface area contributed by atoms with Gasteiger partial charge in [0.15, 0.2) is 0 Å². The Morgan fingerprint density at radius 3 is 2.82 bits per heavy atom. The summed E-state index contributed by atoms with van der Waals surface area (Å²) in [5.41, 5.74) is 0.432. The summed E-state index contributed by atoms with van der Waals surface area (Å²) < 4.78 is 2.41. The summed E-state index contributed by atoms with van der Waals surface area (Å²) in [5, 5.41) is 0.881. The summed E-state index contributed by atoms with van der Waals surface area (Å²) in [6.45, 7) is 2.03. The fourth-order valence-corrected chi connectivity index (χ4v) is 2.84. The minimum Gasteiger partial charge on any atom is -0.277 e. The van der Waals surface area contributed by atoms with E-state index in [0.717, 1.165) is 17.3 Å². The van der Waals surface area contributed by atoms with Crippen molar-refractivity contribution in [2.75, 3.05) is 0 Å². The number of hydrogen-bond acceptors (Lipinski definition) is 2. The molecule has 1 aliphatic carbocycles. The van der Waals surface area contributed by atoms with Crippen LogP contribution in [0.4, 0.5) is 0 Å². The molecule has 0 amide bonds. The van der Waals surface area contributed by atoms with Crippen molar-refractivity contribution in [3.05, 3.63) is 38.3 Å². The number of benzene rings is 1. The molecule has 0 aliphatic heterocycles. The van der Waals surface area contributed by atoms with E-state index in [-0.39, 0.29) is 16.4 Å². The molecule has 0 N–H and O–H groups in total. The zero-order valence-electron chi connectivity index (χ0n) is 9.20. The van der Waals surface area contributed by atoms with Gasteiger partial charge in [-0.1, -0.05) is 6.07 Å². The summed E-state index contributed by atoms with van der Waals surface area (Å²) >= 11 is 9.52. The molecule has 0 atom stereocenters. The lowest BCUT2D eigenvalue weighted by atomic mass is 10.2. The Labute approximate surface area is 112 Å². The van der Waals surface area contributed by atoms with Gasteiger partial charge in [-0.2, -0.15) is 0 Å². The summed E-state index contributed by atoms with van der Waals surface area (Å²) in [6, 6.07) is 5.48. The molecule has 0 saturated heterocycles. The Morgan fingerprint density at radius 2 is 2.18 bits per heavy atom. The van der Waals surface area contributed by atoms with E-state index in [4.69, 9.17) is 11.6 Å². The van der Waals surface area contributed by atoms with Gasteiger partial charge < -0.3 is 0 Å². The highest BCUT2D eigenvalue weighted by molar-refractivity contribution is 9.10. The van der Waals surface area contributed by atoms with E-state index in [1.165, 1.54) is 0 Å². The van der Waals surface area contributed by atoms with Crippen molar-refractivity contribution < 1.29 is 0 Å². The Balaban J connectivity index is 2.44. The zero-order valence-corrected chi connectivity index (χ0v) is 11.5. The number of hydrogen-bond donors (Lipinski definition) is 0. The van der Waals surface area contributed by atoms with Gasteiger partial charge in [0.05, 0.1) is 10.9 Å². The van der Waals surface area contributed by atoms with Crippen LogP contribution >= 0.6 is 27.5 Å². The fourth-order valence-electron chi connectivity index (χ4n) is 2.02. The summed E-state index contributed by atoms with van der Waals surface area (Å²) in [7, 11) is 0. The Morgan fingerprint density at radius 1 is 1.47 bits per heavy atom. The van der Waals surface area contributed by atoms with Crippen molar-refractivity contribution in [3.8, 4) is 0 Å². The quantitative estimate of drug-likeness (QED) is 0.757. The Bertz CT molecular complexity index is 676. The highest BCUT2D eigenvalue weighted by Gasteiger charge is 2.42. The van der Waals surface area contributed by atoms with Crippen LogP contribution in [-0.4, -0.2) is 9.55 Å². The molecule has 0 radical (unpaired) electrons. The first-order chi connectivity index (χ1) is 8.03. The molecular formula is C12H10BrClN2O. The van der Waals surface area contributed by atoms with Gasteiger partial charge in [0.25, 0.3) is 5.56 Å². The highest BCUT2D eigenvalue weighted by Crippen LogP contribution is 2.43. The highest BCUT2D eigenvalue weighted by atomic mass is 79.9. The van der Waals surface area contributed by atoms with Gasteiger partial charge in [0.2, 0.25) is 5.28 Å². The van der Waals surface area contributed by atoms with Crippen molar-refractivity contribution in [1.29, 1.82) is 0 Å². The molecule has 5 heteroatoms. The molecule has 88 valence electrons. The third-order valence-corrected chi connectivity index (χ3v) is 4.22. The standard InChI is InChI=1S/C12H10BrClN2O/c1-12(5-6-12)16-10(17)7-3-2-4-8(13)9(7)15-11(16)14/h2-4H,5-6H2,1H3. The van der Waals surface area contributed by atoms with Crippen LogP contribution in [0.5, 0.6) is 0 Å². The normalized spacial score (nSPS) is 17.4. The number of nitrogens with zero attached hydrogens (tertiary/aromatic N) is 2. The molecule has 1 aromatic carbocycles. The SMILES string of the molecule is CC1(n2c(Cl)nc3c(Br)cccc3c2=O)CC1. The van der Waals surface area contributed by atoms with Crippen LogP contribution in [0.15, 0.2) is 27.5 Å². The van der Waals surface area contributed by atoms with Gasteiger partial charge in [0, 0.05) is 10.0 Å². The predicted molar refractivity (Wildman–Crippen MR) is 71.6 cm³/mol. The summed E-state index contributed by atoms with van der Waals surface area (Å²) in [5.74, 6) is 0. The molecule has 1 saturated carbocycles. The molecule has 0 bridgehead atoms. The molecule has 0 unspecified atom stereocenters. The van der Waals surface area contributed by atoms with Gasteiger partial charge in [-0.15, -0.1) is 0 Å². The maximum atomic E-state index is 12.4. The first kappa shape index (κ1) is 11.2. The van der Waals surface area contributed by atoms with Crippen LogP contribution in [0.25, 0.3) is 10.9 Å². The molecule has 17 heavy (non-hydrogen) atoms. The zero-order chi connectivity index (χ0) is 12.2. The van der Waals surface area contributed by atoms with Crippen molar-refractivity contribution in [3.63, 3.8) is 0 Å². The van der Waals surface area contributed by atoms with Crippen LogP contribution in [0, 0.1) is 0 Å². The van der Waals surface area contributed by atoms with E-state index in [9.17, 15) is 4.79 Å². The van der Waals surface area contributed by atoms with E-state index in [1.807, 2.05) is 19.1 Å². The maximum Gasteiger partial charge on any atom is 0.262 e. The van der Waals surface area contributed by atoms with Crippen LogP contribution < -0.4 is 5.56 Å². The van der Waals surface area contributed by atoms with Gasteiger partial charge >= 0.3 is 0 Å². The largest absolute Gasteiger partial charge is 0.277 e. The number of fused-ring (bicyclic) bond motifs is 1. The third-order valence-electron chi connectivity index (χ3n) is 3.32. The fraction of sp³-hybridized carbons (Fsp3) is 0.333. The monoisotopic (exact) mass is 312 g/mol. The topological polar surface area (TPSA) is 34.9 Å². The number of rotatable bonds is 1. The maximum absolute atomic E-state index is 12.4. The Kier molecular flexibility index (Phi) is 2.35. The van der Waals surface area contributed by atoms with Gasteiger partial charge in [0.1, 0.15) is 0 Å². The molecule has 0 spiro atoms. The van der Waals surface area contributed by atoms with E-state index in [2.05, 4.69) is 20.9 Å². The predicted octanol–water partition coefficient (Wildman–Crippen LogP) is 3.32. The molecule has 1 fully saturated rings. The van der Waals surface area contributed by atoms with Crippen LogP contribution in [0.2, 0.25) is 5.28 Å². The second-order valence-corrected chi connectivity index (χ2v) is 5.85. The number of aromatic nitrogens is 2. The van der Waals surface area contributed by atoms with Gasteiger partial charge in [-0.25, -0.2) is 4.98 Å². The summed E-state index contributed by atoms with van der Waals surface area (Å²) in [6.07, 6.45) is 1.96. The Hall–Kier alpha value is -0.870. The minimum atomic E-state index is -0.141. The average Bonchev–Trinajstić information content (AvgIpc) is 2.99. The van der Waals surface area contributed by atoms with Gasteiger partial charge in [-0.05, 0) is 59.4 Å². The van der Waals surface area contributed by atoms with Crippen LogP contribution in [0.1, 0.15) is 19.8 Å². The number of para-hydroxylation sites is 1. The first-order valence-electron chi connectivity index (χ1n) is 5.40. The second-order valence-electron chi connectivity index (χ2n) is 4.65. The first-order valence-corrected chi connectivity index (χ1v) is 6.57. The molecule has 2 aromatic rings. The lowest BCUT2D eigenvalue weighted by Gasteiger charge is -2.15. The third kappa shape index (κ3) is 1.62. The average molecular weight is 314 g/mol. The van der Waals surface area contributed by atoms with E-state index >= 15 is 0 Å². The van der Waals surface area contributed by atoms with Gasteiger partial charge in [-0.3, -0.25) is 9.36 Å². The van der Waals surface area contributed by atoms with E-state index in [1.54, 1.807) is 10.6 Å². The number of halogens is 2. The smallest absolute Gasteiger partial charge is 0.262 e. The van der Waals surface area contributed by atoms with Crippen LogP contribution in [0.3, 0.4) is 0 Å². The second kappa shape index (κ2) is 3.56. The molecular weight excluding hydrogens is 304 g/mol. The molecule has 3 rings (SSSR count). The lowest BCUT2D eigenvalue weighted by molar-refractivity contribution is 0.510. The molecule has 1 aromatic heterocycles. The molecule has 1 heterocycles. The van der Waals surface area contributed by atoms with Crippen molar-refractivity contribution in [2.24, 2.45) is 0 Å². The van der Waals surface area contributed by atoms with E-state index < -0.39 is 0 Å². The summed E-state index contributed by atoms with van der Waals surface area (Å²) in [4.78, 5) is 16.7. The molecule has 1 aliphatic rings. The van der Waals surface area contributed by atoms with Crippen molar-refractivity contribution >= 4 is 38.4 Å². The van der Waals surface area contributed by atoms with Crippen molar-refractivity contribution in [1.82, 2.24) is 9.55 Å². The van der Waals surface area contributed by atoms with Crippen LogP contribution in [-0.2, 0) is 5.54 Å². The van der Waals surface area contributed by atoms with Crippen molar-refractivity contribution in [2.45, 2.75) is 25.3 Å². The molecule has 3 nitrogen and oxygen atoms in total. The minimum absolute atomic E-state index is 0.0544.